The van der Waals surface area contributed by atoms with E-state index in [9.17, 15) is 14.0 Å². The van der Waals surface area contributed by atoms with Gasteiger partial charge in [0.1, 0.15) is 5.82 Å². The minimum absolute atomic E-state index is 0.0652. The monoisotopic (exact) mass is 349 g/mol. The third-order valence-electron chi connectivity index (χ3n) is 4.60. The van der Waals surface area contributed by atoms with E-state index in [1.807, 2.05) is 11.8 Å². The van der Waals surface area contributed by atoms with Crippen molar-refractivity contribution in [3.63, 3.8) is 0 Å². The van der Waals surface area contributed by atoms with Gasteiger partial charge in [0.25, 0.3) is 0 Å². The van der Waals surface area contributed by atoms with Crippen LogP contribution in [0.25, 0.3) is 0 Å². The number of likely N-dealkylation sites (N-methyl/N-ethyl adjacent to an activating group) is 2. The van der Waals surface area contributed by atoms with E-state index >= 15 is 0 Å². The molecule has 0 aliphatic heterocycles. The van der Waals surface area contributed by atoms with Gasteiger partial charge in [-0.1, -0.05) is 25.3 Å². The minimum Gasteiger partial charge on any atom is -0.339 e. The van der Waals surface area contributed by atoms with Crippen LogP contribution in [0.1, 0.15) is 39.0 Å². The van der Waals surface area contributed by atoms with Crippen LogP contribution < -0.4 is 5.32 Å². The van der Waals surface area contributed by atoms with Crippen molar-refractivity contribution in [3.8, 4) is 0 Å². The molecule has 1 aromatic carbocycles. The highest BCUT2D eigenvalue weighted by Crippen LogP contribution is 2.22. The van der Waals surface area contributed by atoms with Gasteiger partial charge in [-0.3, -0.25) is 14.5 Å². The first-order chi connectivity index (χ1) is 12.0. The van der Waals surface area contributed by atoms with Crippen molar-refractivity contribution in [2.24, 2.45) is 0 Å². The molecule has 1 aliphatic carbocycles. The van der Waals surface area contributed by atoms with E-state index in [1.165, 1.54) is 31.4 Å². The number of halogens is 1. The number of carbonyl (C=O) groups is 2. The van der Waals surface area contributed by atoms with Crippen molar-refractivity contribution >= 4 is 17.5 Å². The maximum atomic E-state index is 13.1. The molecule has 1 aromatic rings. The molecule has 2 rings (SSSR count). The summed E-state index contributed by atoms with van der Waals surface area (Å²) in [4.78, 5) is 28.3. The van der Waals surface area contributed by atoms with Crippen LogP contribution in [0.2, 0.25) is 0 Å². The molecule has 1 aliphatic rings. The Morgan fingerprint density at radius 2 is 1.92 bits per heavy atom. The van der Waals surface area contributed by atoms with Crippen molar-refractivity contribution in [2.45, 2.75) is 45.1 Å². The molecule has 0 saturated heterocycles. The van der Waals surface area contributed by atoms with Crippen molar-refractivity contribution < 1.29 is 14.0 Å². The average Bonchev–Trinajstić information content (AvgIpc) is 2.56. The Bertz CT molecular complexity index is 588. The summed E-state index contributed by atoms with van der Waals surface area (Å²) in [5.74, 6) is -0.593. The lowest BCUT2D eigenvalue weighted by Gasteiger charge is -2.34. The fourth-order valence-electron chi connectivity index (χ4n) is 3.42. The highest BCUT2D eigenvalue weighted by Gasteiger charge is 2.25. The van der Waals surface area contributed by atoms with E-state index < -0.39 is 5.82 Å². The molecule has 6 heteroatoms. The summed E-state index contributed by atoms with van der Waals surface area (Å²) in [6.45, 7) is 3.00. The van der Waals surface area contributed by atoms with Crippen LogP contribution in [0.3, 0.4) is 0 Å². The molecule has 0 spiro atoms. The number of benzene rings is 1. The van der Waals surface area contributed by atoms with Gasteiger partial charge in [0, 0.05) is 18.3 Å². The minimum atomic E-state index is -0.396. The lowest BCUT2D eigenvalue weighted by molar-refractivity contribution is -0.135. The second kappa shape index (κ2) is 9.51. The maximum Gasteiger partial charge on any atom is 0.238 e. The van der Waals surface area contributed by atoms with Gasteiger partial charge in [-0.2, -0.15) is 0 Å². The number of carbonyl (C=O) groups excluding carboxylic acids is 2. The number of amides is 2. The topological polar surface area (TPSA) is 52.7 Å². The first kappa shape index (κ1) is 19.4. The molecule has 1 saturated carbocycles. The summed E-state index contributed by atoms with van der Waals surface area (Å²) in [5, 5.41) is 2.65. The van der Waals surface area contributed by atoms with Gasteiger partial charge in [0.2, 0.25) is 11.8 Å². The lowest BCUT2D eigenvalue weighted by Crippen LogP contribution is -2.46. The molecule has 0 aromatic heterocycles. The van der Waals surface area contributed by atoms with Crippen LogP contribution in [-0.4, -0.2) is 54.3 Å². The highest BCUT2D eigenvalue weighted by atomic mass is 19.1. The van der Waals surface area contributed by atoms with Crippen LogP contribution in [0.5, 0.6) is 0 Å². The number of nitrogens with zero attached hydrogens (tertiary/aromatic N) is 2. The van der Waals surface area contributed by atoms with Gasteiger partial charge in [-0.05, 0) is 45.0 Å². The van der Waals surface area contributed by atoms with Crippen molar-refractivity contribution in [2.75, 3.05) is 32.0 Å². The summed E-state index contributed by atoms with van der Waals surface area (Å²) in [6, 6.07) is 6.10. The highest BCUT2D eigenvalue weighted by molar-refractivity contribution is 5.92. The smallest absolute Gasteiger partial charge is 0.238 e. The zero-order valence-corrected chi connectivity index (χ0v) is 15.1. The van der Waals surface area contributed by atoms with E-state index in [1.54, 1.807) is 24.1 Å². The Balaban J connectivity index is 1.82. The zero-order chi connectivity index (χ0) is 18.2. The molecular weight excluding hydrogens is 321 g/mol. The second-order valence-electron chi connectivity index (χ2n) is 6.70. The fourth-order valence-corrected chi connectivity index (χ4v) is 3.42. The molecule has 0 bridgehead atoms. The van der Waals surface area contributed by atoms with Crippen LogP contribution in [0, 0.1) is 5.82 Å². The van der Waals surface area contributed by atoms with Gasteiger partial charge in [-0.15, -0.1) is 0 Å². The Hall–Kier alpha value is -1.95. The van der Waals surface area contributed by atoms with E-state index in [-0.39, 0.29) is 24.9 Å². The predicted octanol–water partition coefficient (Wildman–Crippen LogP) is 2.88. The summed E-state index contributed by atoms with van der Waals surface area (Å²) < 4.78 is 13.1. The van der Waals surface area contributed by atoms with Crippen molar-refractivity contribution in [1.29, 1.82) is 0 Å². The molecule has 25 heavy (non-hydrogen) atoms. The van der Waals surface area contributed by atoms with Crippen molar-refractivity contribution in [1.82, 2.24) is 9.80 Å². The van der Waals surface area contributed by atoms with Gasteiger partial charge >= 0.3 is 0 Å². The number of hydrogen-bond donors (Lipinski definition) is 1. The standard InChI is InChI=1S/C19H28FN3O2/c1-3-23(17-10-5-4-6-11-17)19(25)14-22(2)13-18(24)21-16-9-7-8-15(20)12-16/h7-9,12,17H,3-6,10-11,13-14H2,1-2H3,(H,21,24). The Labute approximate surface area is 149 Å². The van der Waals surface area contributed by atoms with E-state index in [0.717, 1.165) is 12.8 Å². The zero-order valence-electron chi connectivity index (χ0n) is 15.1. The molecule has 1 N–H and O–H groups in total. The first-order valence-corrected chi connectivity index (χ1v) is 9.03. The van der Waals surface area contributed by atoms with Gasteiger partial charge in [0.05, 0.1) is 13.1 Å². The van der Waals surface area contributed by atoms with Crippen LogP contribution >= 0.6 is 0 Å². The van der Waals surface area contributed by atoms with Crippen molar-refractivity contribution in [3.05, 3.63) is 30.1 Å². The Morgan fingerprint density at radius 1 is 1.20 bits per heavy atom. The summed E-state index contributed by atoms with van der Waals surface area (Å²) in [6.07, 6.45) is 5.76. The number of nitrogens with one attached hydrogen (secondary N) is 1. The molecule has 1 fully saturated rings. The normalized spacial score (nSPS) is 15.2. The van der Waals surface area contributed by atoms with E-state index in [0.29, 0.717) is 18.3 Å². The second-order valence-corrected chi connectivity index (χ2v) is 6.70. The fraction of sp³-hybridized carbons (Fsp3) is 0.579. The van der Waals surface area contributed by atoms with Crippen LogP contribution in [-0.2, 0) is 9.59 Å². The van der Waals surface area contributed by atoms with Crippen LogP contribution in [0.4, 0.5) is 10.1 Å². The third-order valence-corrected chi connectivity index (χ3v) is 4.60. The Kier molecular flexibility index (Phi) is 7.37. The molecule has 5 nitrogen and oxygen atoms in total. The van der Waals surface area contributed by atoms with E-state index in [4.69, 9.17) is 0 Å². The quantitative estimate of drug-likeness (QED) is 0.823. The average molecular weight is 349 g/mol. The Morgan fingerprint density at radius 3 is 2.56 bits per heavy atom. The number of rotatable bonds is 7. The molecule has 0 atom stereocenters. The largest absolute Gasteiger partial charge is 0.339 e. The lowest BCUT2D eigenvalue weighted by atomic mass is 9.94. The van der Waals surface area contributed by atoms with Crippen LogP contribution in [0.15, 0.2) is 24.3 Å². The van der Waals surface area contributed by atoms with E-state index in [2.05, 4.69) is 5.32 Å². The molecule has 2 amide bonds. The molecular formula is C19H28FN3O2. The SMILES string of the molecule is CCN(C(=O)CN(C)CC(=O)Nc1cccc(F)c1)C1CCCCC1. The van der Waals surface area contributed by atoms with Gasteiger partial charge < -0.3 is 10.2 Å². The molecule has 138 valence electrons. The van der Waals surface area contributed by atoms with Gasteiger partial charge in [-0.25, -0.2) is 4.39 Å². The maximum absolute atomic E-state index is 13.1. The molecule has 0 radical (unpaired) electrons. The summed E-state index contributed by atoms with van der Waals surface area (Å²) in [7, 11) is 1.75. The molecule has 0 unspecified atom stereocenters. The summed E-state index contributed by atoms with van der Waals surface area (Å²) in [5.41, 5.74) is 0.419. The van der Waals surface area contributed by atoms with Gasteiger partial charge in [0.15, 0.2) is 0 Å². The predicted molar refractivity (Wildman–Crippen MR) is 96.8 cm³/mol. The number of anilines is 1. The third kappa shape index (κ3) is 6.12. The number of hydrogen-bond acceptors (Lipinski definition) is 3. The molecule has 0 heterocycles. The first-order valence-electron chi connectivity index (χ1n) is 9.03. The summed E-state index contributed by atoms with van der Waals surface area (Å²) >= 11 is 0.